The number of nitrogens with two attached hydrogens (primary N) is 1. The van der Waals surface area contributed by atoms with E-state index >= 15 is 0 Å². The van der Waals surface area contributed by atoms with E-state index in [-0.39, 0.29) is 29.9 Å². The third-order valence-corrected chi connectivity index (χ3v) is 5.86. The maximum atomic E-state index is 11.6. The third kappa shape index (κ3) is 3.86. The number of allylic oxidation sites excluding steroid dienone is 1. The Balaban J connectivity index is 1.87. The zero-order valence-electron chi connectivity index (χ0n) is 17.9. The number of ether oxygens (including phenoxy) is 3. The standard InChI is InChI=1S/C22H23N5O6/c1-3-32-16-9-12(8-15(20(16)28)27(29)30)17-14(10-23)21(24)33-22-18(17)19(25-26-22)11-4-6-13(31-2)7-5-11/h4-9,17-19,22,25-26,28H,3,24H2,1-2H3. The maximum Gasteiger partial charge on any atom is 0.314 e. The van der Waals surface area contributed by atoms with Crippen LogP contribution in [0, 0.1) is 27.4 Å². The average Bonchev–Trinajstić information content (AvgIpc) is 3.22. The molecule has 2 heterocycles. The molecule has 1 fully saturated rings. The van der Waals surface area contributed by atoms with Gasteiger partial charge in [0.2, 0.25) is 11.6 Å². The Labute approximate surface area is 189 Å². The van der Waals surface area contributed by atoms with Gasteiger partial charge < -0.3 is 25.1 Å². The maximum absolute atomic E-state index is 11.6. The van der Waals surface area contributed by atoms with Gasteiger partial charge in [-0.1, -0.05) is 12.1 Å². The van der Waals surface area contributed by atoms with Crippen LogP contribution in [0.4, 0.5) is 5.69 Å². The number of hydrogen-bond donors (Lipinski definition) is 4. The van der Waals surface area contributed by atoms with Crippen molar-refractivity contribution in [1.82, 2.24) is 10.9 Å². The van der Waals surface area contributed by atoms with Crippen molar-refractivity contribution >= 4 is 5.69 Å². The topological polar surface area (TPSA) is 165 Å². The molecule has 2 aliphatic rings. The largest absolute Gasteiger partial charge is 0.500 e. The molecule has 172 valence electrons. The number of nitrogens with zero attached hydrogens (tertiary/aromatic N) is 2. The van der Waals surface area contributed by atoms with Gasteiger partial charge in [-0.2, -0.15) is 5.26 Å². The monoisotopic (exact) mass is 453 g/mol. The summed E-state index contributed by atoms with van der Waals surface area (Å²) in [5.41, 5.74) is 13.2. The molecule has 0 spiro atoms. The van der Waals surface area contributed by atoms with E-state index in [0.29, 0.717) is 11.3 Å². The predicted octanol–water partition coefficient (Wildman–Crippen LogP) is 2.31. The molecule has 2 aromatic carbocycles. The number of methoxy groups -OCH3 is 1. The molecule has 2 aromatic rings. The first kappa shape index (κ1) is 22.2. The summed E-state index contributed by atoms with van der Waals surface area (Å²) in [6.45, 7) is 1.89. The first-order chi connectivity index (χ1) is 15.9. The normalized spacial score (nSPS) is 23.9. The molecule has 0 amide bonds. The van der Waals surface area contributed by atoms with E-state index in [2.05, 4.69) is 16.9 Å². The second-order valence-electron chi connectivity index (χ2n) is 7.60. The lowest BCUT2D eigenvalue weighted by Crippen LogP contribution is -2.41. The van der Waals surface area contributed by atoms with Gasteiger partial charge in [-0.15, -0.1) is 0 Å². The van der Waals surface area contributed by atoms with E-state index in [1.165, 1.54) is 12.1 Å². The molecule has 5 N–H and O–H groups in total. The van der Waals surface area contributed by atoms with Crippen LogP contribution in [0.2, 0.25) is 0 Å². The highest BCUT2D eigenvalue weighted by Gasteiger charge is 2.49. The summed E-state index contributed by atoms with van der Waals surface area (Å²) in [6.07, 6.45) is -0.609. The van der Waals surface area contributed by atoms with Crippen molar-refractivity contribution in [1.29, 1.82) is 5.26 Å². The fraction of sp³-hybridized carbons (Fsp3) is 0.318. The van der Waals surface area contributed by atoms with Crippen molar-refractivity contribution in [3.8, 4) is 23.3 Å². The molecule has 0 aliphatic carbocycles. The van der Waals surface area contributed by atoms with Crippen molar-refractivity contribution in [3.05, 3.63) is 69.1 Å². The highest BCUT2D eigenvalue weighted by molar-refractivity contribution is 5.59. The summed E-state index contributed by atoms with van der Waals surface area (Å²) >= 11 is 0. The Bertz CT molecular complexity index is 1140. The quantitative estimate of drug-likeness (QED) is 0.377. The molecular weight excluding hydrogens is 430 g/mol. The van der Waals surface area contributed by atoms with Gasteiger partial charge >= 0.3 is 5.69 Å². The number of nitrogens with one attached hydrogen (secondary N) is 2. The second-order valence-corrected chi connectivity index (χ2v) is 7.60. The minimum atomic E-state index is -0.691. The van der Waals surface area contributed by atoms with Gasteiger partial charge in [-0.25, -0.2) is 10.9 Å². The van der Waals surface area contributed by atoms with E-state index in [4.69, 9.17) is 19.9 Å². The van der Waals surface area contributed by atoms with Gasteiger partial charge in [-0.3, -0.25) is 10.1 Å². The molecule has 1 saturated heterocycles. The average molecular weight is 453 g/mol. The van der Waals surface area contributed by atoms with Crippen LogP contribution in [0.3, 0.4) is 0 Å². The lowest BCUT2D eigenvalue weighted by Gasteiger charge is -2.36. The van der Waals surface area contributed by atoms with Crippen LogP contribution in [0.15, 0.2) is 47.9 Å². The van der Waals surface area contributed by atoms with Gasteiger partial charge in [0.1, 0.15) is 11.8 Å². The summed E-state index contributed by atoms with van der Waals surface area (Å²) in [5.74, 6) is -1.07. The molecule has 2 aliphatic heterocycles. The Morgan fingerprint density at radius 1 is 1.27 bits per heavy atom. The van der Waals surface area contributed by atoms with Gasteiger partial charge in [0, 0.05) is 17.9 Å². The molecule has 0 aromatic heterocycles. The molecule has 11 nitrogen and oxygen atoms in total. The van der Waals surface area contributed by atoms with Crippen LogP contribution in [-0.4, -0.2) is 30.0 Å². The van der Waals surface area contributed by atoms with E-state index in [9.17, 15) is 20.5 Å². The number of phenolic OH excluding ortho intramolecular Hbond substituents is 1. The van der Waals surface area contributed by atoms with Crippen molar-refractivity contribution in [2.45, 2.75) is 25.1 Å². The smallest absolute Gasteiger partial charge is 0.314 e. The summed E-state index contributed by atoms with van der Waals surface area (Å²) < 4.78 is 16.4. The number of hydrazine groups is 1. The number of nitro benzene ring substituents is 1. The Hall–Kier alpha value is -4.01. The van der Waals surface area contributed by atoms with Crippen LogP contribution < -0.4 is 26.1 Å². The number of rotatable bonds is 6. The number of nitriles is 1. The Morgan fingerprint density at radius 2 is 2.00 bits per heavy atom. The van der Waals surface area contributed by atoms with E-state index < -0.39 is 34.4 Å². The lowest BCUT2D eigenvalue weighted by molar-refractivity contribution is -0.386. The molecule has 0 bridgehead atoms. The fourth-order valence-electron chi connectivity index (χ4n) is 4.39. The molecule has 0 saturated carbocycles. The molecule has 4 atom stereocenters. The summed E-state index contributed by atoms with van der Waals surface area (Å²) in [7, 11) is 1.58. The van der Waals surface area contributed by atoms with Crippen molar-refractivity contribution in [2.24, 2.45) is 11.7 Å². The number of benzene rings is 2. The third-order valence-electron chi connectivity index (χ3n) is 5.86. The highest BCUT2D eigenvalue weighted by Crippen LogP contribution is 2.50. The fourth-order valence-corrected chi connectivity index (χ4v) is 4.39. The van der Waals surface area contributed by atoms with Gasteiger partial charge in [0.05, 0.1) is 30.3 Å². The zero-order valence-corrected chi connectivity index (χ0v) is 17.9. The van der Waals surface area contributed by atoms with Crippen molar-refractivity contribution < 1.29 is 24.2 Å². The SMILES string of the molecule is CCOc1cc(C2C(C#N)=C(N)OC3NNC(c4ccc(OC)cc4)C32)cc([N+](=O)[O-])c1O. The Morgan fingerprint density at radius 3 is 2.61 bits per heavy atom. The number of hydrogen-bond acceptors (Lipinski definition) is 10. The van der Waals surface area contributed by atoms with E-state index in [0.717, 1.165) is 5.56 Å². The molecule has 33 heavy (non-hydrogen) atoms. The van der Waals surface area contributed by atoms with Crippen molar-refractivity contribution in [3.63, 3.8) is 0 Å². The second kappa shape index (κ2) is 8.85. The first-order valence-electron chi connectivity index (χ1n) is 10.2. The van der Waals surface area contributed by atoms with Gasteiger partial charge in [0.15, 0.2) is 12.0 Å². The lowest BCUT2D eigenvalue weighted by atomic mass is 9.74. The van der Waals surface area contributed by atoms with Crippen LogP contribution in [-0.2, 0) is 4.74 Å². The molecule has 0 radical (unpaired) electrons. The van der Waals surface area contributed by atoms with Crippen LogP contribution >= 0.6 is 0 Å². The summed E-state index contributed by atoms with van der Waals surface area (Å²) in [6, 6.07) is 11.9. The zero-order chi connectivity index (χ0) is 23.7. The van der Waals surface area contributed by atoms with Crippen LogP contribution in [0.5, 0.6) is 17.2 Å². The number of phenols is 1. The number of fused-ring (bicyclic) bond motifs is 1. The molecular formula is C22H23N5O6. The summed E-state index contributed by atoms with van der Waals surface area (Å²) in [4.78, 5) is 10.9. The molecule has 4 rings (SSSR count). The van der Waals surface area contributed by atoms with Crippen molar-refractivity contribution in [2.75, 3.05) is 13.7 Å². The van der Waals surface area contributed by atoms with Crippen LogP contribution in [0.25, 0.3) is 0 Å². The Kier molecular flexibility index (Phi) is 5.95. The number of nitro groups is 1. The highest BCUT2D eigenvalue weighted by atomic mass is 16.6. The van der Waals surface area contributed by atoms with E-state index in [1.54, 1.807) is 14.0 Å². The van der Waals surface area contributed by atoms with Gasteiger partial charge in [0.25, 0.3) is 0 Å². The first-order valence-corrected chi connectivity index (χ1v) is 10.2. The minimum absolute atomic E-state index is 0.0412. The minimum Gasteiger partial charge on any atom is -0.500 e. The molecule has 11 heteroatoms. The summed E-state index contributed by atoms with van der Waals surface area (Å²) in [5, 5.41) is 31.9. The molecule has 4 unspecified atom stereocenters. The van der Waals surface area contributed by atoms with E-state index in [1.807, 2.05) is 24.3 Å². The van der Waals surface area contributed by atoms with Crippen LogP contribution in [0.1, 0.15) is 30.0 Å². The van der Waals surface area contributed by atoms with Gasteiger partial charge in [-0.05, 0) is 36.2 Å². The number of aromatic hydroxyl groups is 1. The predicted molar refractivity (Wildman–Crippen MR) is 116 cm³/mol.